The van der Waals surface area contributed by atoms with Crippen molar-refractivity contribution in [2.75, 3.05) is 0 Å². The Morgan fingerprint density at radius 1 is 0.941 bits per heavy atom. The Labute approximate surface area is 105 Å². The first-order valence-corrected chi connectivity index (χ1v) is 5.54. The largest absolute Gasteiger partial charge is 0.0991 e. The lowest BCUT2D eigenvalue weighted by molar-refractivity contribution is 1.60. The number of hydrogen-bond donors (Lipinski definition) is 0. The standard InChI is InChI=1S/C11H12.C6H8/c1-3-10(4-2)11-8-6-5-7-9-11;1-3-5-6-4-2/h3-9H,1H2,2H3;3-6H,1-2H2/b10-4+;6-5-. The van der Waals surface area contributed by atoms with Crippen LogP contribution in [0.4, 0.5) is 0 Å². The third-order valence-electron chi connectivity index (χ3n) is 2.02. The molecule has 0 fully saturated rings. The molecule has 0 bridgehead atoms. The van der Waals surface area contributed by atoms with E-state index in [1.54, 1.807) is 12.2 Å². The summed E-state index contributed by atoms with van der Waals surface area (Å²) >= 11 is 0. The molecule has 88 valence electrons. The van der Waals surface area contributed by atoms with Crippen molar-refractivity contribution < 1.29 is 0 Å². The van der Waals surface area contributed by atoms with Crippen molar-refractivity contribution in [2.45, 2.75) is 6.92 Å². The van der Waals surface area contributed by atoms with Gasteiger partial charge < -0.3 is 0 Å². The Balaban J connectivity index is 0.000000366. The average Bonchev–Trinajstić information content (AvgIpc) is 2.40. The quantitative estimate of drug-likeness (QED) is 0.617. The highest BCUT2D eigenvalue weighted by Gasteiger charge is 1.91. The minimum absolute atomic E-state index is 1.19. The molecule has 0 N–H and O–H groups in total. The van der Waals surface area contributed by atoms with Gasteiger partial charge in [0.1, 0.15) is 0 Å². The van der Waals surface area contributed by atoms with Crippen molar-refractivity contribution in [3.8, 4) is 0 Å². The summed E-state index contributed by atoms with van der Waals surface area (Å²) in [4.78, 5) is 0. The molecule has 1 aromatic rings. The molecule has 0 heterocycles. The Morgan fingerprint density at radius 2 is 1.47 bits per heavy atom. The predicted molar refractivity (Wildman–Crippen MR) is 79.8 cm³/mol. The molecule has 0 aliphatic heterocycles. The van der Waals surface area contributed by atoms with Crippen LogP contribution >= 0.6 is 0 Å². The Kier molecular flexibility index (Phi) is 9.16. The highest BCUT2D eigenvalue weighted by molar-refractivity contribution is 5.72. The summed E-state index contributed by atoms with van der Waals surface area (Å²) < 4.78 is 0. The summed E-state index contributed by atoms with van der Waals surface area (Å²) in [5.41, 5.74) is 2.41. The van der Waals surface area contributed by atoms with Gasteiger partial charge in [-0.05, 0) is 18.1 Å². The second kappa shape index (κ2) is 10.4. The number of allylic oxidation sites excluding steroid dienone is 7. The molecule has 0 aromatic heterocycles. The normalized spacial score (nSPS) is 10.3. The molecule has 17 heavy (non-hydrogen) atoms. The fourth-order valence-corrected chi connectivity index (χ4v) is 1.19. The SMILES string of the molecule is C=C/C(=C\C)c1ccccc1.C=C/C=C\C=C. The maximum Gasteiger partial charge on any atom is -0.0188 e. The highest BCUT2D eigenvalue weighted by Crippen LogP contribution is 2.13. The summed E-state index contributed by atoms with van der Waals surface area (Å²) in [6.07, 6.45) is 11.0. The zero-order chi connectivity index (χ0) is 12.9. The number of benzene rings is 1. The van der Waals surface area contributed by atoms with Crippen molar-refractivity contribution in [1.82, 2.24) is 0 Å². The van der Waals surface area contributed by atoms with Gasteiger partial charge in [0.25, 0.3) is 0 Å². The van der Waals surface area contributed by atoms with Gasteiger partial charge in [0.2, 0.25) is 0 Å². The van der Waals surface area contributed by atoms with Crippen LogP contribution in [-0.2, 0) is 0 Å². The van der Waals surface area contributed by atoms with E-state index in [4.69, 9.17) is 0 Å². The molecular formula is C17H20. The van der Waals surface area contributed by atoms with Crippen LogP contribution in [0.25, 0.3) is 5.57 Å². The van der Waals surface area contributed by atoms with Crippen LogP contribution in [0.15, 0.2) is 86.5 Å². The second-order valence-electron chi connectivity index (χ2n) is 3.17. The Bertz CT molecular complexity index is 381. The molecule has 1 aromatic carbocycles. The zero-order valence-corrected chi connectivity index (χ0v) is 10.5. The minimum atomic E-state index is 1.19. The molecular weight excluding hydrogens is 204 g/mol. The van der Waals surface area contributed by atoms with E-state index in [0.717, 1.165) is 0 Å². The molecule has 1 rings (SSSR count). The van der Waals surface area contributed by atoms with E-state index in [1.165, 1.54) is 11.1 Å². The molecule has 0 atom stereocenters. The Morgan fingerprint density at radius 3 is 1.82 bits per heavy atom. The van der Waals surface area contributed by atoms with E-state index in [2.05, 4.69) is 37.9 Å². The van der Waals surface area contributed by atoms with Gasteiger partial charge >= 0.3 is 0 Å². The summed E-state index contributed by atoms with van der Waals surface area (Å²) in [6, 6.07) is 10.2. The van der Waals surface area contributed by atoms with Gasteiger partial charge in [-0.2, -0.15) is 0 Å². The average molecular weight is 224 g/mol. The molecule has 0 saturated carbocycles. The molecule has 0 nitrogen and oxygen atoms in total. The maximum absolute atomic E-state index is 3.74. The fraction of sp³-hybridized carbons (Fsp3) is 0.0588. The lowest BCUT2D eigenvalue weighted by atomic mass is 10.1. The number of hydrogen-bond acceptors (Lipinski definition) is 0. The molecule has 0 heteroatoms. The van der Waals surface area contributed by atoms with Crippen LogP contribution in [0.1, 0.15) is 12.5 Å². The van der Waals surface area contributed by atoms with E-state index < -0.39 is 0 Å². The van der Waals surface area contributed by atoms with Crippen molar-refractivity contribution in [1.29, 1.82) is 0 Å². The monoisotopic (exact) mass is 224 g/mol. The molecule has 0 amide bonds. The summed E-state index contributed by atoms with van der Waals surface area (Å²) in [5.74, 6) is 0. The van der Waals surface area contributed by atoms with E-state index in [9.17, 15) is 0 Å². The zero-order valence-electron chi connectivity index (χ0n) is 10.5. The molecule has 0 radical (unpaired) electrons. The summed E-state index contributed by atoms with van der Waals surface area (Å²) in [5, 5.41) is 0. The van der Waals surface area contributed by atoms with Crippen LogP contribution in [-0.4, -0.2) is 0 Å². The molecule has 0 unspecified atom stereocenters. The first kappa shape index (κ1) is 14.9. The topological polar surface area (TPSA) is 0 Å². The Hall–Kier alpha value is -2.08. The maximum atomic E-state index is 3.74. The van der Waals surface area contributed by atoms with Crippen molar-refractivity contribution in [3.63, 3.8) is 0 Å². The van der Waals surface area contributed by atoms with Gasteiger partial charge in [0.05, 0.1) is 0 Å². The smallest absolute Gasteiger partial charge is 0.0188 e. The first-order valence-electron chi connectivity index (χ1n) is 5.54. The molecule has 0 saturated heterocycles. The lowest BCUT2D eigenvalue weighted by Crippen LogP contribution is -1.76. The molecule has 0 aliphatic carbocycles. The van der Waals surface area contributed by atoms with Crippen LogP contribution in [0.5, 0.6) is 0 Å². The highest BCUT2D eigenvalue weighted by atomic mass is 14.0. The van der Waals surface area contributed by atoms with Crippen LogP contribution in [0.2, 0.25) is 0 Å². The minimum Gasteiger partial charge on any atom is -0.0991 e. The van der Waals surface area contributed by atoms with E-state index >= 15 is 0 Å². The van der Waals surface area contributed by atoms with Crippen LogP contribution in [0, 0.1) is 0 Å². The van der Waals surface area contributed by atoms with Crippen molar-refractivity contribution in [2.24, 2.45) is 0 Å². The number of rotatable bonds is 4. The van der Waals surface area contributed by atoms with E-state index in [-0.39, 0.29) is 0 Å². The second-order valence-corrected chi connectivity index (χ2v) is 3.17. The van der Waals surface area contributed by atoms with Gasteiger partial charge in [-0.1, -0.05) is 86.5 Å². The molecule has 0 spiro atoms. The van der Waals surface area contributed by atoms with Crippen molar-refractivity contribution in [3.05, 3.63) is 92.1 Å². The lowest BCUT2D eigenvalue weighted by Gasteiger charge is -1.98. The summed E-state index contributed by atoms with van der Waals surface area (Å²) in [6.45, 7) is 12.7. The van der Waals surface area contributed by atoms with Gasteiger partial charge in [-0.3, -0.25) is 0 Å². The van der Waals surface area contributed by atoms with Gasteiger partial charge in [-0.25, -0.2) is 0 Å². The molecule has 0 aliphatic rings. The van der Waals surface area contributed by atoms with Gasteiger partial charge in [-0.15, -0.1) is 0 Å². The first-order chi connectivity index (χ1) is 8.29. The van der Waals surface area contributed by atoms with Gasteiger partial charge in [0, 0.05) is 0 Å². The van der Waals surface area contributed by atoms with Crippen molar-refractivity contribution >= 4 is 5.57 Å². The third-order valence-corrected chi connectivity index (χ3v) is 2.02. The van der Waals surface area contributed by atoms with Gasteiger partial charge in [0.15, 0.2) is 0 Å². The van der Waals surface area contributed by atoms with E-state index in [0.29, 0.717) is 0 Å². The van der Waals surface area contributed by atoms with Crippen LogP contribution in [0.3, 0.4) is 0 Å². The third kappa shape index (κ3) is 6.91. The van der Waals surface area contributed by atoms with Crippen LogP contribution < -0.4 is 0 Å². The summed E-state index contributed by atoms with van der Waals surface area (Å²) in [7, 11) is 0. The predicted octanol–water partition coefficient (Wildman–Crippen LogP) is 5.19. The fourth-order valence-electron chi connectivity index (χ4n) is 1.19. The van der Waals surface area contributed by atoms with E-state index in [1.807, 2.05) is 43.4 Å².